The van der Waals surface area contributed by atoms with Crippen molar-refractivity contribution in [2.45, 2.75) is 19.9 Å². The minimum absolute atomic E-state index is 0.425. The van der Waals surface area contributed by atoms with Gasteiger partial charge in [-0.05, 0) is 44.1 Å². The maximum atomic E-state index is 11.3. The van der Waals surface area contributed by atoms with Crippen molar-refractivity contribution in [1.29, 1.82) is 0 Å². The predicted octanol–water partition coefficient (Wildman–Crippen LogP) is 2.16. The maximum absolute atomic E-state index is 11.3. The summed E-state index contributed by atoms with van der Waals surface area (Å²) in [5.74, 6) is -0.130. The zero-order chi connectivity index (χ0) is 14.5. The summed E-state index contributed by atoms with van der Waals surface area (Å²) in [6.07, 6.45) is 1.24. The number of nitrogens with zero attached hydrogens (tertiary/aromatic N) is 2. The standard InChI is InChI=1S/C16H24N2O2/c1-3-18(11-13-8-9-17(2)10-13)12-14-6-4-5-7-15(14)16(19)20/h4-7,13H,3,8-12H2,1-2H3,(H,19,20)/t13-/m0/s1. The zero-order valence-corrected chi connectivity index (χ0v) is 12.4. The lowest BCUT2D eigenvalue weighted by molar-refractivity contribution is 0.0694. The molecule has 0 radical (unpaired) electrons. The van der Waals surface area contributed by atoms with Gasteiger partial charge >= 0.3 is 5.97 Å². The van der Waals surface area contributed by atoms with Crippen molar-refractivity contribution in [2.24, 2.45) is 5.92 Å². The summed E-state index contributed by atoms with van der Waals surface area (Å²) in [5.41, 5.74) is 1.34. The quantitative estimate of drug-likeness (QED) is 0.864. The number of aromatic carboxylic acids is 1. The number of hydrogen-bond acceptors (Lipinski definition) is 3. The summed E-state index contributed by atoms with van der Waals surface area (Å²) in [6.45, 7) is 7.19. The molecule has 1 N–H and O–H groups in total. The Morgan fingerprint density at radius 1 is 1.45 bits per heavy atom. The summed E-state index contributed by atoms with van der Waals surface area (Å²) in [7, 11) is 2.16. The SMILES string of the molecule is CCN(Cc1ccccc1C(=O)O)C[C@H]1CCN(C)C1. The minimum Gasteiger partial charge on any atom is -0.478 e. The van der Waals surface area contributed by atoms with Gasteiger partial charge in [-0.25, -0.2) is 4.79 Å². The van der Waals surface area contributed by atoms with Gasteiger partial charge in [0.2, 0.25) is 0 Å². The molecule has 0 spiro atoms. The van der Waals surface area contributed by atoms with Crippen molar-refractivity contribution in [1.82, 2.24) is 9.80 Å². The molecule has 1 heterocycles. The van der Waals surface area contributed by atoms with Gasteiger partial charge in [0.1, 0.15) is 0 Å². The lowest BCUT2D eigenvalue weighted by Gasteiger charge is -2.24. The average Bonchev–Trinajstić information content (AvgIpc) is 2.83. The number of hydrogen-bond donors (Lipinski definition) is 1. The van der Waals surface area contributed by atoms with Gasteiger partial charge in [-0.15, -0.1) is 0 Å². The third kappa shape index (κ3) is 3.81. The number of carbonyl (C=O) groups is 1. The van der Waals surface area contributed by atoms with Gasteiger partial charge in [0, 0.05) is 19.6 Å². The highest BCUT2D eigenvalue weighted by molar-refractivity contribution is 5.89. The third-order valence-corrected chi connectivity index (χ3v) is 4.09. The molecule has 1 atom stereocenters. The van der Waals surface area contributed by atoms with E-state index in [0.717, 1.165) is 31.7 Å². The monoisotopic (exact) mass is 276 g/mol. The van der Waals surface area contributed by atoms with E-state index in [9.17, 15) is 9.90 Å². The average molecular weight is 276 g/mol. The van der Waals surface area contributed by atoms with Gasteiger partial charge in [-0.3, -0.25) is 4.90 Å². The van der Waals surface area contributed by atoms with Crippen LogP contribution in [0.4, 0.5) is 0 Å². The molecule has 1 saturated heterocycles. The van der Waals surface area contributed by atoms with Crippen LogP contribution in [-0.2, 0) is 6.54 Å². The second kappa shape index (κ2) is 6.86. The van der Waals surface area contributed by atoms with E-state index in [1.807, 2.05) is 12.1 Å². The Hall–Kier alpha value is -1.39. The Bertz CT molecular complexity index is 462. The molecule has 110 valence electrons. The first kappa shape index (κ1) is 15.0. The molecule has 2 rings (SSSR count). The summed E-state index contributed by atoms with van der Waals surface area (Å²) in [6, 6.07) is 7.32. The Kier molecular flexibility index (Phi) is 5.15. The molecule has 1 aliphatic rings. The smallest absolute Gasteiger partial charge is 0.336 e. The first-order valence-electron chi connectivity index (χ1n) is 7.32. The van der Waals surface area contributed by atoms with E-state index in [1.165, 1.54) is 13.0 Å². The zero-order valence-electron chi connectivity index (χ0n) is 12.4. The molecule has 0 amide bonds. The van der Waals surface area contributed by atoms with Crippen molar-refractivity contribution in [2.75, 3.05) is 33.2 Å². The highest BCUT2D eigenvalue weighted by Gasteiger charge is 2.22. The normalized spacial score (nSPS) is 19.6. The Labute approximate surface area is 121 Å². The molecule has 0 aliphatic carbocycles. The van der Waals surface area contributed by atoms with Gasteiger partial charge in [0.15, 0.2) is 0 Å². The number of rotatable bonds is 6. The van der Waals surface area contributed by atoms with Crippen LogP contribution >= 0.6 is 0 Å². The summed E-state index contributed by atoms with van der Waals surface area (Å²) >= 11 is 0. The summed E-state index contributed by atoms with van der Waals surface area (Å²) in [4.78, 5) is 16.0. The minimum atomic E-state index is -0.836. The van der Waals surface area contributed by atoms with Gasteiger partial charge in [0.05, 0.1) is 5.56 Å². The van der Waals surface area contributed by atoms with Crippen LogP contribution in [-0.4, -0.2) is 54.1 Å². The lowest BCUT2D eigenvalue weighted by atomic mass is 10.1. The van der Waals surface area contributed by atoms with Crippen molar-refractivity contribution >= 4 is 5.97 Å². The van der Waals surface area contributed by atoms with Crippen LogP contribution in [0.3, 0.4) is 0 Å². The second-order valence-corrected chi connectivity index (χ2v) is 5.71. The maximum Gasteiger partial charge on any atom is 0.336 e. The molecule has 1 aromatic rings. The molecule has 0 bridgehead atoms. The molecule has 0 saturated carbocycles. The highest BCUT2D eigenvalue weighted by Crippen LogP contribution is 2.18. The first-order chi connectivity index (χ1) is 9.60. The van der Waals surface area contributed by atoms with E-state index in [-0.39, 0.29) is 0 Å². The van der Waals surface area contributed by atoms with E-state index >= 15 is 0 Å². The van der Waals surface area contributed by atoms with Crippen LogP contribution in [0, 0.1) is 5.92 Å². The molecular formula is C16H24N2O2. The molecule has 1 aliphatic heterocycles. The van der Waals surface area contributed by atoms with E-state index in [1.54, 1.807) is 12.1 Å². The number of likely N-dealkylation sites (tertiary alicyclic amines) is 1. The summed E-state index contributed by atoms with van der Waals surface area (Å²) < 4.78 is 0. The summed E-state index contributed by atoms with van der Waals surface area (Å²) in [5, 5.41) is 9.25. The van der Waals surface area contributed by atoms with Gasteiger partial charge in [-0.1, -0.05) is 25.1 Å². The first-order valence-corrected chi connectivity index (χ1v) is 7.32. The van der Waals surface area contributed by atoms with Gasteiger partial charge in [-0.2, -0.15) is 0 Å². The lowest BCUT2D eigenvalue weighted by Crippen LogP contribution is -2.30. The van der Waals surface area contributed by atoms with Gasteiger partial charge < -0.3 is 10.0 Å². The fraction of sp³-hybridized carbons (Fsp3) is 0.562. The number of carboxylic acid groups (broad SMARTS) is 1. The second-order valence-electron chi connectivity index (χ2n) is 5.71. The van der Waals surface area contributed by atoms with Crippen LogP contribution in [0.5, 0.6) is 0 Å². The molecule has 1 aromatic carbocycles. The Morgan fingerprint density at radius 3 is 2.80 bits per heavy atom. The van der Waals surface area contributed by atoms with Gasteiger partial charge in [0.25, 0.3) is 0 Å². The topological polar surface area (TPSA) is 43.8 Å². The van der Waals surface area contributed by atoms with Crippen LogP contribution < -0.4 is 0 Å². The Balaban J connectivity index is 2.01. The molecule has 4 heteroatoms. The van der Waals surface area contributed by atoms with Crippen LogP contribution in [0.1, 0.15) is 29.3 Å². The molecule has 4 nitrogen and oxygen atoms in total. The molecule has 20 heavy (non-hydrogen) atoms. The van der Waals surface area contributed by atoms with E-state index < -0.39 is 5.97 Å². The van der Waals surface area contributed by atoms with Crippen molar-refractivity contribution < 1.29 is 9.90 Å². The Morgan fingerprint density at radius 2 is 2.20 bits per heavy atom. The van der Waals surface area contributed by atoms with Crippen LogP contribution in [0.2, 0.25) is 0 Å². The highest BCUT2D eigenvalue weighted by atomic mass is 16.4. The fourth-order valence-electron chi connectivity index (χ4n) is 2.95. The molecule has 1 fully saturated rings. The van der Waals surface area contributed by atoms with Crippen molar-refractivity contribution in [3.05, 3.63) is 35.4 Å². The largest absolute Gasteiger partial charge is 0.478 e. The molecule has 0 aromatic heterocycles. The molecular weight excluding hydrogens is 252 g/mol. The predicted molar refractivity (Wildman–Crippen MR) is 80.0 cm³/mol. The number of benzene rings is 1. The molecule has 0 unspecified atom stereocenters. The third-order valence-electron chi connectivity index (χ3n) is 4.09. The van der Waals surface area contributed by atoms with Crippen molar-refractivity contribution in [3.8, 4) is 0 Å². The van der Waals surface area contributed by atoms with E-state index in [4.69, 9.17) is 0 Å². The van der Waals surface area contributed by atoms with E-state index in [2.05, 4.69) is 23.8 Å². The number of carboxylic acids is 1. The van der Waals surface area contributed by atoms with Crippen molar-refractivity contribution in [3.63, 3.8) is 0 Å². The van der Waals surface area contributed by atoms with Crippen LogP contribution in [0.25, 0.3) is 0 Å². The van der Waals surface area contributed by atoms with E-state index in [0.29, 0.717) is 11.5 Å². The van der Waals surface area contributed by atoms with Crippen LogP contribution in [0.15, 0.2) is 24.3 Å². The fourth-order valence-corrected chi connectivity index (χ4v) is 2.95.